The molecule has 4 N–H and O–H groups in total. The second-order valence-electron chi connectivity index (χ2n) is 2.67. The van der Waals surface area contributed by atoms with E-state index in [-0.39, 0.29) is 0 Å². The lowest BCUT2D eigenvalue weighted by atomic mass is 10.0. The Morgan fingerprint density at radius 1 is 1.17 bits per heavy atom. The van der Waals surface area contributed by atoms with Gasteiger partial charge in [0.25, 0.3) is 0 Å². The highest BCUT2D eigenvalue weighted by Gasteiger charge is 2.43. The van der Waals surface area contributed by atoms with Crippen molar-refractivity contribution >= 4 is 0 Å². The fourth-order valence-corrected chi connectivity index (χ4v) is 1.06. The Kier molecular flexibility index (Phi) is 2.97. The van der Waals surface area contributed by atoms with Crippen molar-refractivity contribution in [3.05, 3.63) is 0 Å². The van der Waals surface area contributed by atoms with Crippen LogP contribution in [-0.2, 0) is 4.74 Å². The molecule has 0 spiro atoms. The summed E-state index contributed by atoms with van der Waals surface area (Å²) in [7, 11) is 0. The smallest absolute Gasteiger partial charge is 0.184 e. The Morgan fingerprint density at radius 3 is 2.25 bits per heavy atom. The van der Waals surface area contributed by atoms with E-state index in [0.717, 1.165) is 0 Å². The molecule has 0 radical (unpaired) electrons. The van der Waals surface area contributed by atoms with Gasteiger partial charge in [0.1, 0.15) is 18.3 Å². The first-order valence-corrected chi connectivity index (χ1v) is 3.52. The zero-order valence-corrected chi connectivity index (χ0v) is 6.17. The second kappa shape index (κ2) is 3.63. The summed E-state index contributed by atoms with van der Waals surface area (Å²) in [5.41, 5.74) is 0. The van der Waals surface area contributed by atoms with Crippen molar-refractivity contribution in [2.24, 2.45) is 0 Å². The number of aliphatic hydroxyl groups excluding tert-OH is 4. The SMILES string of the molecule is OC[C@H]1OC(O)[C@@H](O)[C@@H](O)[C@@H]1[18F]. The van der Waals surface area contributed by atoms with E-state index in [1.165, 1.54) is 0 Å². The average molecular weight is 181 g/mol. The molecule has 12 heavy (non-hydrogen) atoms. The maximum atomic E-state index is 12.9. The third-order valence-electron chi connectivity index (χ3n) is 1.82. The summed E-state index contributed by atoms with van der Waals surface area (Å²) in [6, 6.07) is 0. The van der Waals surface area contributed by atoms with E-state index in [4.69, 9.17) is 20.4 Å². The quantitative estimate of drug-likeness (QED) is 0.367. The molecule has 72 valence electrons. The number of aliphatic hydroxyl groups is 4. The second-order valence-corrected chi connectivity index (χ2v) is 2.67. The van der Waals surface area contributed by atoms with E-state index in [0.29, 0.717) is 0 Å². The van der Waals surface area contributed by atoms with Crippen molar-refractivity contribution in [3.63, 3.8) is 0 Å². The van der Waals surface area contributed by atoms with Gasteiger partial charge in [-0.2, -0.15) is 0 Å². The molecule has 1 fully saturated rings. The Morgan fingerprint density at radius 2 is 1.75 bits per heavy atom. The third kappa shape index (κ3) is 1.57. The van der Waals surface area contributed by atoms with Crippen molar-refractivity contribution < 1.29 is 29.6 Å². The van der Waals surface area contributed by atoms with Crippen LogP contribution in [0.2, 0.25) is 0 Å². The van der Waals surface area contributed by atoms with Gasteiger partial charge in [-0.1, -0.05) is 0 Å². The molecule has 1 rings (SSSR count). The molecule has 0 aromatic rings. The van der Waals surface area contributed by atoms with E-state index in [1.54, 1.807) is 0 Å². The number of ether oxygens (including phenoxy) is 1. The Balaban J connectivity index is 2.63. The molecule has 0 aromatic heterocycles. The van der Waals surface area contributed by atoms with Crippen LogP contribution < -0.4 is 0 Å². The van der Waals surface area contributed by atoms with Crippen LogP contribution in [0.15, 0.2) is 0 Å². The van der Waals surface area contributed by atoms with Crippen molar-refractivity contribution in [3.8, 4) is 0 Å². The topological polar surface area (TPSA) is 90.2 Å². The van der Waals surface area contributed by atoms with Crippen LogP contribution in [-0.4, -0.2) is 57.8 Å². The molecule has 6 heteroatoms. The Hall–Kier alpha value is -0.270. The van der Waals surface area contributed by atoms with Gasteiger partial charge in [-0.05, 0) is 0 Å². The maximum absolute atomic E-state index is 12.9. The minimum Gasteiger partial charge on any atom is -0.394 e. The molecule has 1 aliphatic heterocycles. The van der Waals surface area contributed by atoms with Crippen LogP contribution in [0.4, 0.5) is 4.39 Å². The standard InChI is InChI=1S/C6H11FO5/c7-3-2(1-8)12-6(11)5(10)4(3)9/h2-6,8-11H,1H2/t2-,3-,4+,5+,6?/m1/s1/i7-1. The summed E-state index contributed by atoms with van der Waals surface area (Å²) in [5, 5.41) is 35.2. The molecule has 1 saturated heterocycles. The van der Waals surface area contributed by atoms with Gasteiger partial charge in [0.2, 0.25) is 0 Å². The lowest BCUT2D eigenvalue weighted by Gasteiger charge is -2.36. The number of hydrogen-bond donors (Lipinski definition) is 4. The molecule has 1 heterocycles. The highest BCUT2D eigenvalue weighted by atomic mass is 18.2. The van der Waals surface area contributed by atoms with Crippen LogP contribution in [0.5, 0.6) is 0 Å². The molecule has 0 saturated carbocycles. The first-order valence-electron chi connectivity index (χ1n) is 3.52. The number of alkyl halides is 1. The zero-order chi connectivity index (χ0) is 9.30. The van der Waals surface area contributed by atoms with E-state index in [1.807, 2.05) is 0 Å². The normalized spacial score (nSPS) is 49.2. The van der Waals surface area contributed by atoms with Gasteiger partial charge in [-0.3, -0.25) is 0 Å². The van der Waals surface area contributed by atoms with E-state index >= 15 is 0 Å². The van der Waals surface area contributed by atoms with Gasteiger partial charge < -0.3 is 25.2 Å². The summed E-state index contributed by atoms with van der Waals surface area (Å²) in [6.07, 6.45) is -8.19. The van der Waals surface area contributed by atoms with Crippen molar-refractivity contribution in [2.75, 3.05) is 6.61 Å². The largest absolute Gasteiger partial charge is 0.394 e. The minimum atomic E-state index is -1.88. The highest BCUT2D eigenvalue weighted by molar-refractivity contribution is 4.88. The van der Waals surface area contributed by atoms with Gasteiger partial charge in [-0.25, -0.2) is 4.39 Å². The molecule has 0 amide bonds. The van der Waals surface area contributed by atoms with Crippen molar-refractivity contribution in [1.82, 2.24) is 0 Å². The van der Waals surface area contributed by atoms with Gasteiger partial charge in [0.15, 0.2) is 12.5 Å². The molecule has 0 aromatic carbocycles. The van der Waals surface area contributed by atoms with Crippen molar-refractivity contribution in [2.45, 2.75) is 30.8 Å². The summed E-state index contributed by atoms with van der Waals surface area (Å²) in [4.78, 5) is 0. The van der Waals surface area contributed by atoms with Crippen LogP contribution in [0, 0.1) is 0 Å². The molecule has 0 aliphatic carbocycles. The van der Waals surface area contributed by atoms with Gasteiger partial charge in [0, 0.05) is 0 Å². The van der Waals surface area contributed by atoms with E-state index in [2.05, 4.69) is 4.74 Å². The van der Waals surface area contributed by atoms with Crippen molar-refractivity contribution in [1.29, 1.82) is 0 Å². The average Bonchev–Trinajstić information content (AvgIpc) is 2.08. The predicted octanol–water partition coefficient (Wildman–Crippen LogP) is -2.24. The van der Waals surface area contributed by atoms with Crippen LogP contribution in [0.3, 0.4) is 0 Å². The molecule has 1 unspecified atom stereocenters. The fourth-order valence-electron chi connectivity index (χ4n) is 1.06. The number of rotatable bonds is 1. The van der Waals surface area contributed by atoms with Crippen LogP contribution in [0.1, 0.15) is 0 Å². The molecular weight excluding hydrogens is 170 g/mol. The molecule has 5 atom stereocenters. The Bertz CT molecular complexity index is 150. The lowest BCUT2D eigenvalue weighted by Crippen LogP contribution is -2.56. The monoisotopic (exact) mass is 181 g/mol. The maximum Gasteiger partial charge on any atom is 0.184 e. The van der Waals surface area contributed by atoms with Crippen LogP contribution in [0.25, 0.3) is 0 Å². The first-order chi connectivity index (χ1) is 5.57. The van der Waals surface area contributed by atoms with Gasteiger partial charge >= 0.3 is 0 Å². The number of halogens is 1. The van der Waals surface area contributed by atoms with E-state index in [9.17, 15) is 4.39 Å². The minimum absolute atomic E-state index is 0.651. The first kappa shape index (κ1) is 9.82. The third-order valence-corrected chi connectivity index (χ3v) is 1.82. The summed E-state index contributed by atoms with van der Waals surface area (Å²) >= 11 is 0. The molecule has 1 aliphatic rings. The molecule has 5 nitrogen and oxygen atoms in total. The summed E-state index contributed by atoms with van der Waals surface area (Å²) in [5.74, 6) is 0. The van der Waals surface area contributed by atoms with E-state index < -0.39 is 37.4 Å². The zero-order valence-electron chi connectivity index (χ0n) is 6.17. The predicted molar refractivity (Wildman–Crippen MR) is 34.9 cm³/mol. The highest BCUT2D eigenvalue weighted by Crippen LogP contribution is 2.21. The molecular formula is C6H11FO5. The van der Waals surface area contributed by atoms with Gasteiger partial charge in [-0.15, -0.1) is 0 Å². The van der Waals surface area contributed by atoms with Crippen LogP contribution >= 0.6 is 0 Å². The fraction of sp³-hybridized carbons (Fsp3) is 1.00. The summed E-state index contributed by atoms with van der Waals surface area (Å²) in [6.45, 7) is -0.651. The number of hydrogen-bond acceptors (Lipinski definition) is 5. The lowest BCUT2D eigenvalue weighted by molar-refractivity contribution is -0.274. The Labute approximate surface area is 68.0 Å². The van der Waals surface area contributed by atoms with Gasteiger partial charge in [0.05, 0.1) is 6.61 Å². The molecule has 0 bridgehead atoms. The summed E-state index contributed by atoms with van der Waals surface area (Å²) < 4.78 is 17.3.